The summed E-state index contributed by atoms with van der Waals surface area (Å²) in [4.78, 5) is 11.8. The normalized spacial score (nSPS) is 10.2. The first-order valence-corrected chi connectivity index (χ1v) is 5.31. The number of thiophene rings is 1. The molecular weight excluding hydrogens is 224 g/mol. The van der Waals surface area contributed by atoms with Crippen LogP contribution >= 0.6 is 22.9 Å². The highest BCUT2D eigenvalue weighted by Gasteiger charge is 2.08. The standard InChI is InChI=1S/C9H11ClO3S/c1-13-8(12)3-2-7-4-6(5-11)9(10)14-7/h4,11H,2-3,5H2,1H3. The van der Waals surface area contributed by atoms with E-state index in [0.717, 1.165) is 10.4 Å². The molecule has 0 atom stereocenters. The summed E-state index contributed by atoms with van der Waals surface area (Å²) < 4.78 is 5.11. The Balaban J connectivity index is 2.55. The second-order valence-electron chi connectivity index (χ2n) is 2.75. The summed E-state index contributed by atoms with van der Waals surface area (Å²) in [6.45, 7) is -0.0619. The van der Waals surface area contributed by atoms with Crippen LogP contribution in [0.5, 0.6) is 0 Å². The number of carbonyl (C=O) groups excluding carboxylic acids is 1. The first-order valence-electron chi connectivity index (χ1n) is 4.12. The SMILES string of the molecule is COC(=O)CCc1cc(CO)c(Cl)s1. The van der Waals surface area contributed by atoms with Crippen LogP contribution in [-0.2, 0) is 22.6 Å². The molecule has 5 heteroatoms. The Labute approximate surface area is 91.3 Å². The zero-order chi connectivity index (χ0) is 10.6. The molecule has 1 heterocycles. The zero-order valence-corrected chi connectivity index (χ0v) is 9.32. The number of rotatable bonds is 4. The van der Waals surface area contributed by atoms with Gasteiger partial charge in [0.2, 0.25) is 0 Å². The maximum atomic E-state index is 10.8. The molecule has 0 spiro atoms. The van der Waals surface area contributed by atoms with Crippen molar-refractivity contribution < 1.29 is 14.6 Å². The summed E-state index contributed by atoms with van der Waals surface area (Å²) in [7, 11) is 1.36. The highest BCUT2D eigenvalue weighted by atomic mass is 35.5. The molecule has 78 valence electrons. The van der Waals surface area contributed by atoms with Gasteiger partial charge in [0.15, 0.2) is 0 Å². The van der Waals surface area contributed by atoms with Gasteiger partial charge < -0.3 is 9.84 Å². The lowest BCUT2D eigenvalue weighted by Crippen LogP contribution is -2.00. The number of aliphatic hydroxyl groups is 1. The molecule has 0 unspecified atom stereocenters. The van der Waals surface area contributed by atoms with Crippen molar-refractivity contribution in [3.63, 3.8) is 0 Å². The minimum Gasteiger partial charge on any atom is -0.469 e. The molecule has 1 aromatic rings. The number of aliphatic hydroxyl groups excluding tert-OH is 1. The first kappa shape index (κ1) is 11.5. The Morgan fingerprint density at radius 2 is 2.43 bits per heavy atom. The minimum atomic E-state index is -0.236. The van der Waals surface area contributed by atoms with Gasteiger partial charge >= 0.3 is 5.97 Å². The van der Waals surface area contributed by atoms with E-state index >= 15 is 0 Å². The van der Waals surface area contributed by atoms with Crippen LogP contribution in [0.2, 0.25) is 4.34 Å². The van der Waals surface area contributed by atoms with E-state index in [1.165, 1.54) is 18.4 Å². The van der Waals surface area contributed by atoms with Crippen LogP contribution in [0.3, 0.4) is 0 Å². The van der Waals surface area contributed by atoms with Gasteiger partial charge in [-0.25, -0.2) is 0 Å². The number of ether oxygens (including phenoxy) is 1. The van der Waals surface area contributed by atoms with Crippen molar-refractivity contribution in [3.8, 4) is 0 Å². The largest absolute Gasteiger partial charge is 0.469 e. The van der Waals surface area contributed by atoms with Crippen LogP contribution in [0.4, 0.5) is 0 Å². The van der Waals surface area contributed by atoms with Gasteiger partial charge in [-0.2, -0.15) is 0 Å². The number of aryl methyl sites for hydroxylation is 1. The minimum absolute atomic E-state index is 0.0619. The highest BCUT2D eigenvalue weighted by Crippen LogP contribution is 2.28. The van der Waals surface area contributed by atoms with E-state index < -0.39 is 0 Å². The Hall–Kier alpha value is -0.580. The van der Waals surface area contributed by atoms with Crippen molar-refractivity contribution in [3.05, 3.63) is 20.8 Å². The number of hydrogen-bond acceptors (Lipinski definition) is 4. The summed E-state index contributed by atoms with van der Waals surface area (Å²) in [6.07, 6.45) is 0.954. The Bertz CT molecular complexity index is 322. The first-order chi connectivity index (χ1) is 6.67. The lowest BCUT2D eigenvalue weighted by molar-refractivity contribution is -0.140. The molecule has 0 saturated heterocycles. The Kier molecular flexibility index (Phi) is 4.38. The molecule has 14 heavy (non-hydrogen) atoms. The van der Waals surface area contributed by atoms with Crippen molar-refractivity contribution in [1.29, 1.82) is 0 Å². The molecule has 1 N–H and O–H groups in total. The van der Waals surface area contributed by atoms with Gasteiger partial charge in [-0.1, -0.05) is 11.6 Å². The van der Waals surface area contributed by atoms with E-state index in [1.807, 2.05) is 6.07 Å². The maximum absolute atomic E-state index is 10.8. The van der Waals surface area contributed by atoms with Gasteiger partial charge in [-0.05, 0) is 12.5 Å². The molecule has 0 aromatic carbocycles. The Morgan fingerprint density at radius 1 is 1.71 bits per heavy atom. The second-order valence-corrected chi connectivity index (χ2v) is 4.48. The van der Waals surface area contributed by atoms with Gasteiger partial charge in [-0.3, -0.25) is 4.79 Å². The van der Waals surface area contributed by atoms with Crippen LogP contribution in [-0.4, -0.2) is 18.2 Å². The van der Waals surface area contributed by atoms with E-state index in [1.54, 1.807) is 0 Å². The smallest absolute Gasteiger partial charge is 0.305 e. The fraction of sp³-hybridized carbons (Fsp3) is 0.444. The van der Waals surface area contributed by atoms with Gasteiger partial charge in [0.1, 0.15) is 0 Å². The average Bonchev–Trinajstić information content (AvgIpc) is 2.55. The van der Waals surface area contributed by atoms with Crippen LogP contribution in [0, 0.1) is 0 Å². The zero-order valence-electron chi connectivity index (χ0n) is 7.75. The van der Waals surface area contributed by atoms with Gasteiger partial charge in [-0.15, -0.1) is 11.3 Å². The Morgan fingerprint density at radius 3 is 2.93 bits per heavy atom. The quantitative estimate of drug-likeness (QED) is 0.811. The fourth-order valence-electron chi connectivity index (χ4n) is 1.02. The third kappa shape index (κ3) is 2.97. The predicted octanol–water partition coefficient (Wildman–Crippen LogP) is 2.00. The topological polar surface area (TPSA) is 46.5 Å². The molecular formula is C9H11ClO3S. The summed E-state index contributed by atoms with van der Waals surface area (Å²) in [5.41, 5.74) is 0.719. The van der Waals surface area contributed by atoms with Crippen LogP contribution < -0.4 is 0 Å². The third-order valence-electron chi connectivity index (χ3n) is 1.78. The van der Waals surface area contributed by atoms with Crippen molar-refractivity contribution >= 4 is 28.9 Å². The summed E-state index contributed by atoms with van der Waals surface area (Å²) >= 11 is 7.23. The van der Waals surface area contributed by atoms with Crippen molar-refractivity contribution in [2.75, 3.05) is 7.11 Å². The van der Waals surface area contributed by atoms with Crippen LogP contribution in [0.25, 0.3) is 0 Å². The number of hydrogen-bond donors (Lipinski definition) is 1. The molecule has 0 bridgehead atoms. The predicted molar refractivity (Wildman–Crippen MR) is 55.6 cm³/mol. The van der Waals surface area contributed by atoms with Gasteiger partial charge in [0.25, 0.3) is 0 Å². The number of methoxy groups -OCH3 is 1. The molecule has 0 saturated carbocycles. The molecule has 1 aromatic heterocycles. The second kappa shape index (κ2) is 5.34. The number of halogens is 1. The highest BCUT2D eigenvalue weighted by molar-refractivity contribution is 7.16. The van der Waals surface area contributed by atoms with Crippen molar-refractivity contribution in [1.82, 2.24) is 0 Å². The summed E-state index contributed by atoms with van der Waals surface area (Å²) in [5, 5.41) is 8.89. The molecule has 1 rings (SSSR count). The number of carbonyl (C=O) groups is 1. The average molecular weight is 235 g/mol. The molecule has 0 fully saturated rings. The van der Waals surface area contributed by atoms with Crippen molar-refractivity contribution in [2.45, 2.75) is 19.4 Å². The lowest BCUT2D eigenvalue weighted by Gasteiger charge is -1.95. The van der Waals surface area contributed by atoms with E-state index in [0.29, 0.717) is 17.2 Å². The lowest BCUT2D eigenvalue weighted by atomic mass is 10.2. The fourth-order valence-corrected chi connectivity index (χ4v) is 2.32. The van der Waals surface area contributed by atoms with Crippen LogP contribution in [0.15, 0.2) is 6.07 Å². The van der Waals surface area contributed by atoms with E-state index in [4.69, 9.17) is 16.7 Å². The third-order valence-corrected chi connectivity index (χ3v) is 3.28. The molecule has 3 nitrogen and oxygen atoms in total. The van der Waals surface area contributed by atoms with Crippen LogP contribution in [0.1, 0.15) is 16.9 Å². The monoisotopic (exact) mass is 234 g/mol. The van der Waals surface area contributed by atoms with Crippen molar-refractivity contribution in [2.24, 2.45) is 0 Å². The molecule has 0 aliphatic rings. The summed E-state index contributed by atoms with van der Waals surface area (Å²) in [6, 6.07) is 1.82. The summed E-state index contributed by atoms with van der Waals surface area (Å²) in [5.74, 6) is -0.236. The molecule has 0 amide bonds. The van der Waals surface area contributed by atoms with E-state index in [-0.39, 0.29) is 12.6 Å². The molecule has 0 radical (unpaired) electrons. The maximum Gasteiger partial charge on any atom is 0.305 e. The molecule has 0 aliphatic heterocycles. The van der Waals surface area contributed by atoms with Gasteiger partial charge in [0.05, 0.1) is 24.5 Å². The van der Waals surface area contributed by atoms with Gasteiger partial charge in [0, 0.05) is 10.4 Å². The van der Waals surface area contributed by atoms with E-state index in [2.05, 4.69) is 4.74 Å². The molecule has 0 aliphatic carbocycles. The van der Waals surface area contributed by atoms with E-state index in [9.17, 15) is 4.79 Å². The number of esters is 1.